The number of benzene rings is 1. The van der Waals surface area contributed by atoms with Crippen LogP contribution < -0.4 is 10.0 Å². The van der Waals surface area contributed by atoms with Gasteiger partial charge in [-0.15, -0.1) is 0 Å². The third-order valence-corrected chi connectivity index (χ3v) is 4.95. The lowest BCUT2D eigenvalue weighted by Crippen LogP contribution is -2.26. The van der Waals surface area contributed by atoms with Crippen LogP contribution in [-0.4, -0.2) is 34.0 Å². The number of thioether (sulfide) groups is 1. The molecule has 0 fully saturated rings. The van der Waals surface area contributed by atoms with E-state index in [1.807, 2.05) is 6.26 Å². The van der Waals surface area contributed by atoms with Gasteiger partial charge in [0.15, 0.2) is 11.6 Å². The molecule has 0 heterocycles. The maximum Gasteiger partial charge on any atom is 0.243 e. The van der Waals surface area contributed by atoms with Gasteiger partial charge in [0, 0.05) is 13.1 Å². The smallest absolute Gasteiger partial charge is 0.243 e. The Labute approximate surface area is 128 Å². The molecular formula is C13H20F2N2O2S2. The average Bonchev–Trinajstić information content (AvgIpc) is 2.42. The van der Waals surface area contributed by atoms with Crippen LogP contribution in [0.2, 0.25) is 0 Å². The second-order valence-electron chi connectivity index (χ2n) is 4.52. The zero-order chi connectivity index (χ0) is 15.9. The van der Waals surface area contributed by atoms with Crippen LogP contribution in [0.15, 0.2) is 17.0 Å². The summed E-state index contributed by atoms with van der Waals surface area (Å²) in [7, 11) is -2.40. The Morgan fingerprint density at radius 1 is 1.24 bits per heavy atom. The van der Waals surface area contributed by atoms with Crippen LogP contribution in [0, 0.1) is 11.6 Å². The number of hydrogen-bond donors (Lipinski definition) is 2. The summed E-state index contributed by atoms with van der Waals surface area (Å²) in [4.78, 5) is -0.641. The van der Waals surface area contributed by atoms with Gasteiger partial charge in [-0.2, -0.15) is 11.8 Å². The normalized spacial score (nSPS) is 11.8. The molecule has 0 saturated heterocycles. The Bertz CT molecular complexity index is 566. The van der Waals surface area contributed by atoms with Crippen LogP contribution in [0.25, 0.3) is 0 Å². The lowest BCUT2D eigenvalue weighted by molar-refractivity contribution is 0.480. The molecule has 0 aromatic heterocycles. The van der Waals surface area contributed by atoms with Gasteiger partial charge in [0.25, 0.3) is 0 Å². The molecule has 0 atom stereocenters. The third kappa shape index (κ3) is 5.54. The van der Waals surface area contributed by atoms with Gasteiger partial charge in [0.1, 0.15) is 4.90 Å². The molecule has 0 saturated carbocycles. The Morgan fingerprint density at radius 2 is 1.95 bits per heavy atom. The molecule has 0 aliphatic rings. The Kier molecular flexibility index (Phi) is 7.58. The number of unbranched alkanes of at least 4 members (excludes halogenated alkanes) is 1. The van der Waals surface area contributed by atoms with Gasteiger partial charge in [-0.1, -0.05) is 0 Å². The molecule has 0 amide bonds. The number of sulfonamides is 1. The lowest BCUT2D eigenvalue weighted by atomic mass is 10.2. The monoisotopic (exact) mass is 338 g/mol. The minimum atomic E-state index is -4.04. The van der Waals surface area contributed by atoms with Crippen molar-refractivity contribution in [3.05, 3.63) is 29.3 Å². The molecule has 0 unspecified atom stereocenters. The molecule has 0 spiro atoms. The van der Waals surface area contributed by atoms with E-state index in [2.05, 4.69) is 10.0 Å². The summed E-state index contributed by atoms with van der Waals surface area (Å²) >= 11 is 1.67. The minimum absolute atomic E-state index is 0.209. The zero-order valence-electron chi connectivity index (χ0n) is 12.1. The summed E-state index contributed by atoms with van der Waals surface area (Å²) in [5.74, 6) is -1.57. The highest BCUT2D eigenvalue weighted by atomic mass is 32.2. The molecule has 1 aromatic rings. The fourth-order valence-electron chi connectivity index (χ4n) is 1.77. The molecule has 0 radical (unpaired) electrons. The first-order chi connectivity index (χ1) is 9.92. The summed E-state index contributed by atoms with van der Waals surface area (Å²) in [6.45, 7) is 0.466. The van der Waals surface area contributed by atoms with Crippen molar-refractivity contribution in [2.45, 2.75) is 24.3 Å². The van der Waals surface area contributed by atoms with E-state index in [4.69, 9.17) is 0 Å². The van der Waals surface area contributed by atoms with E-state index < -0.39 is 26.6 Å². The predicted octanol–water partition coefficient (Wildman–Crippen LogP) is 2.11. The highest BCUT2D eigenvalue weighted by Crippen LogP contribution is 2.20. The van der Waals surface area contributed by atoms with Gasteiger partial charge < -0.3 is 5.32 Å². The van der Waals surface area contributed by atoms with Gasteiger partial charge in [-0.05, 0) is 49.6 Å². The first kappa shape index (κ1) is 18.3. The van der Waals surface area contributed by atoms with Gasteiger partial charge >= 0.3 is 0 Å². The largest absolute Gasteiger partial charge is 0.316 e. The Morgan fingerprint density at radius 3 is 2.57 bits per heavy atom. The molecule has 0 aliphatic heterocycles. The van der Waals surface area contributed by atoms with Gasteiger partial charge in [0.05, 0.1) is 0 Å². The van der Waals surface area contributed by atoms with Gasteiger partial charge in [-0.25, -0.2) is 21.9 Å². The molecule has 0 aliphatic carbocycles. The maximum absolute atomic E-state index is 13.7. The minimum Gasteiger partial charge on any atom is -0.316 e. The molecular weight excluding hydrogens is 318 g/mol. The van der Waals surface area contributed by atoms with Crippen LogP contribution >= 0.6 is 11.8 Å². The average molecular weight is 338 g/mol. The van der Waals surface area contributed by atoms with Crippen LogP contribution in [0.3, 0.4) is 0 Å². The third-order valence-electron chi connectivity index (χ3n) is 2.79. The Hall–Kier alpha value is -0.700. The molecule has 1 rings (SSSR count). The second-order valence-corrected chi connectivity index (χ2v) is 7.24. The van der Waals surface area contributed by atoms with Crippen LogP contribution in [0.4, 0.5) is 8.78 Å². The van der Waals surface area contributed by atoms with E-state index in [0.717, 1.165) is 24.3 Å². The molecule has 21 heavy (non-hydrogen) atoms. The molecule has 8 heteroatoms. The van der Waals surface area contributed by atoms with E-state index in [1.54, 1.807) is 18.8 Å². The summed E-state index contributed by atoms with van der Waals surface area (Å²) in [5, 5.41) is 2.77. The number of halogens is 2. The first-order valence-electron chi connectivity index (χ1n) is 6.53. The van der Waals surface area contributed by atoms with Crippen molar-refractivity contribution in [1.29, 1.82) is 0 Å². The fraction of sp³-hybridized carbons (Fsp3) is 0.538. The molecule has 120 valence electrons. The topological polar surface area (TPSA) is 58.2 Å². The standard InChI is InChI=1S/C13H20F2N2O2S2/c1-16-9-10-7-11(14)13(15)12(8-10)21(18,19)17-5-3-4-6-20-2/h7-8,16-17H,3-6,9H2,1-2H3. The molecule has 2 N–H and O–H groups in total. The van der Waals surface area contributed by atoms with Crippen molar-refractivity contribution >= 4 is 21.8 Å². The Balaban J connectivity index is 2.86. The zero-order valence-corrected chi connectivity index (χ0v) is 13.7. The van der Waals surface area contributed by atoms with Crippen molar-refractivity contribution in [1.82, 2.24) is 10.0 Å². The van der Waals surface area contributed by atoms with Crippen molar-refractivity contribution in [2.24, 2.45) is 0 Å². The van der Waals surface area contributed by atoms with Crippen molar-refractivity contribution < 1.29 is 17.2 Å². The number of hydrogen-bond acceptors (Lipinski definition) is 4. The fourth-order valence-corrected chi connectivity index (χ4v) is 3.48. The summed E-state index contributed by atoms with van der Waals surface area (Å²) in [5.41, 5.74) is 0.374. The van der Waals surface area contributed by atoms with E-state index in [-0.39, 0.29) is 13.1 Å². The second kappa shape index (κ2) is 8.67. The van der Waals surface area contributed by atoms with Gasteiger partial charge in [-0.3, -0.25) is 0 Å². The summed E-state index contributed by atoms with van der Waals surface area (Å²) < 4.78 is 53.6. The highest BCUT2D eigenvalue weighted by molar-refractivity contribution is 7.98. The summed E-state index contributed by atoms with van der Waals surface area (Å²) in [6.07, 6.45) is 3.48. The van der Waals surface area contributed by atoms with Crippen LogP contribution in [0.5, 0.6) is 0 Å². The van der Waals surface area contributed by atoms with E-state index in [9.17, 15) is 17.2 Å². The predicted molar refractivity (Wildman–Crippen MR) is 81.9 cm³/mol. The highest BCUT2D eigenvalue weighted by Gasteiger charge is 2.22. The van der Waals surface area contributed by atoms with Crippen molar-refractivity contribution in [2.75, 3.05) is 25.6 Å². The lowest BCUT2D eigenvalue weighted by Gasteiger charge is -2.10. The van der Waals surface area contributed by atoms with E-state index in [0.29, 0.717) is 12.0 Å². The SMILES string of the molecule is CNCc1cc(F)c(F)c(S(=O)(=O)NCCCCSC)c1. The quantitative estimate of drug-likeness (QED) is 0.677. The summed E-state index contributed by atoms with van der Waals surface area (Å²) in [6, 6.07) is 2.14. The number of rotatable bonds is 9. The molecule has 4 nitrogen and oxygen atoms in total. The first-order valence-corrected chi connectivity index (χ1v) is 9.41. The van der Waals surface area contributed by atoms with Crippen molar-refractivity contribution in [3.63, 3.8) is 0 Å². The van der Waals surface area contributed by atoms with E-state index in [1.165, 1.54) is 0 Å². The van der Waals surface area contributed by atoms with Crippen LogP contribution in [-0.2, 0) is 16.6 Å². The molecule has 1 aromatic carbocycles. The van der Waals surface area contributed by atoms with E-state index >= 15 is 0 Å². The molecule has 0 bridgehead atoms. The van der Waals surface area contributed by atoms with Gasteiger partial charge in [0.2, 0.25) is 10.0 Å². The van der Waals surface area contributed by atoms with Crippen LogP contribution in [0.1, 0.15) is 18.4 Å². The van der Waals surface area contributed by atoms with Crippen molar-refractivity contribution in [3.8, 4) is 0 Å². The number of nitrogens with one attached hydrogen (secondary N) is 2. The maximum atomic E-state index is 13.7.